The zero-order valence-electron chi connectivity index (χ0n) is 9.75. The van der Waals surface area contributed by atoms with E-state index in [4.69, 9.17) is 5.11 Å². The van der Waals surface area contributed by atoms with Crippen molar-refractivity contribution in [1.82, 2.24) is 4.90 Å². The normalized spacial score (nSPS) is 17.3. The molecule has 1 fully saturated rings. The topological polar surface area (TPSA) is 40.5 Å². The third-order valence-corrected chi connectivity index (χ3v) is 3.00. The van der Waals surface area contributed by atoms with Crippen LogP contribution in [0.5, 0.6) is 0 Å². The van der Waals surface area contributed by atoms with Gasteiger partial charge in [0, 0.05) is 19.6 Å². The summed E-state index contributed by atoms with van der Waals surface area (Å²) in [4.78, 5) is 12.2. The van der Waals surface area contributed by atoms with Crippen LogP contribution in [-0.4, -0.2) is 29.1 Å². The zero-order chi connectivity index (χ0) is 14.2. The van der Waals surface area contributed by atoms with Crippen molar-refractivity contribution >= 4 is 5.97 Å². The van der Waals surface area contributed by atoms with Gasteiger partial charge in [0.2, 0.25) is 0 Å². The second kappa shape index (κ2) is 4.80. The minimum absolute atomic E-state index is 0.116. The van der Waals surface area contributed by atoms with E-state index in [0.29, 0.717) is 6.07 Å². The summed E-state index contributed by atoms with van der Waals surface area (Å²) in [6, 6.07) is 2.36. The average molecular weight is 277 g/mol. The Morgan fingerprint density at radius 1 is 1.32 bits per heavy atom. The summed E-state index contributed by atoms with van der Waals surface area (Å²) in [5, 5.41) is 8.68. The Bertz CT molecular complexity index is 495. The molecule has 0 amide bonds. The number of hydrogen-bond acceptors (Lipinski definition) is 2. The number of alkyl halides is 3. The van der Waals surface area contributed by atoms with Crippen LogP contribution in [0.1, 0.15) is 11.1 Å². The first kappa shape index (κ1) is 13.8. The first-order valence-electron chi connectivity index (χ1n) is 5.57. The molecule has 0 unspecified atom stereocenters. The van der Waals surface area contributed by atoms with E-state index in [1.54, 1.807) is 4.90 Å². The Labute approximate surface area is 106 Å². The van der Waals surface area contributed by atoms with Crippen molar-refractivity contribution in [1.29, 1.82) is 0 Å². The van der Waals surface area contributed by atoms with Gasteiger partial charge in [-0.05, 0) is 23.8 Å². The molecule has 0 radical (unpaired) electrons. The van der Waals surface area contributed by atoms with Crippen molar-refractivity contribution in [2.45, 2.75) is 12.7 Å². The molecular formula is C12H11F4NO2. The molecule has 7 heteroatoms. The molecule has 0 spiro atoms. The summed E-state index contributed by atoms with van der Waals surface area (Å²) in [5.74, 6) is -2.36. The zero-order valence-corrected chi connectivity index (χ0v) is 9.75. The summed E-state index contributed by atoms with van der Waals surface area (Å²) < 4.78 is 50.6. The van der Waals surface area contributed by atoms with Crippen LogP contribution >= 0.6 is 0 Å². The standard InChI is InChI=1S/C12H11F4NO2/c13-10-2-7(1-9(3-10)12(14,15)16)4-17-5-8(6-17)11(18)19/h1-3,8H,4-6H2,(H,18,19). The number of benzene rings is 1. The first-order valence-corrected chi connectivity index (χ1v) is 5.57. The van der Waals surface area contributed by atoms with Crippen LogP contribution in [0.25, 0.3) is 0 Å². The molecule has 1 N–H and O–H groups in total. The van der Waals surface area contributed by atoms with Gasteiger partial charge in [-0.1, -0.05) is 0 Å². The highest BCUT2D eigenvalue weighted by Crippen LogP contribution is 2.31. The molecule has 1 aromatic rings. The number of carboxylic acids is 1. The molecule has 1 heterocycles. The van der Waals surface area contributed by atoms with Crippen molar-refractivity contribution in [2.75, 3.05) is 13.1 Å². The lowest BCUT2D eigenvalue weighted by Crippen LogP contribution is -2.49. The molecule has 104 valence electrons. The van der Waals surface area contributed by atoms with Gasteiger partial charge in [-0.25, -0.2) is 4.39 Å². The molecule has 0 aliphatic carbocycles. The van der Waals surface area contributed by atoms with Crippen molar-refractivity contribution in [2.24, 2.45) is 5.92 Å². The number of nitrogens with zero attached hydrogens (tertiary/aromatic N) is 1. The molecular weight excluding hydrogens is 266 g/mol. The molecule has 0 bridgehead atoms. The van der Waals surface area contributed by atoms with E-state index < -0.39 is 29.4 Å². The lowest BCUT2D eigenvalue weighted by atomic mass is 9.99. The maximum atomic E-state index is 13.1. The number of aliphatic carboxylic acids is 1. The van der Waals surface area contributed by atoms with Crippen LogP contribution in [0.3, 0.4) is 0 Å². The Hall–Kier alpha value is -1.63. The summed E-state index contributed by atoms with van der Waals surface area (Å²) in [7, 11) is 0. The molecule has 1 aliphatic rings. The van der Waals surface area contributed by atoms with Crippen LogP contribution < -0.4 is 0 Å². The molecule has 19 heavy (non-hydrogen) atoms. The van der Waals surface area contributed by atoms with E-state index in [0.717, 1.165) is 12.1 Å². The largest absolute Gasteiger partial charge is 0.481 e. The number of hydrogen-bond donors (Lipinski definition) is 1. The maximum absolute atomic E-state index is 13.1. The first-order chi connectivity index (χ1) is 8.75. The van der Waals surface area contributed by atoms with Gasteiger partial charge in [0.1, 0.15) is 5.82 Å². The minimum atomic E-state index is -4.59. The van der Waals surface area contributed by atoms with E-state index in [-0.39, 0.29) is 25.2 Å². The Morgan fingerprint density at radius 2 is 1.95 bits per heavy atom. The van der Waals surface area contributed by atoms with Gasteiger partial charge in [-0.2, -0.15) is 13.2 Å². The lowest BCUT2D eigenvalue weighted by molar-refractivity contribution is -0.147. The molecule has 1 aliphatic heterocycles. The van der Waals surface area contributed by atoms with Gasteiger partial charge in [-0.15, -0.1) is 0 Å². The van der Waals surface area contributed by atoms with Crippen molar-refractivity contribution in [3.63, 3.8) is 0 Å². The van der Waals surface area contributed by atoms with E-state index in [2.05, 4.69) is 0 Å². The molecule has 0 aromatic heterocycles. The van der Waals surface area contributed by atoms with Gasteiger partial charge in [0.05, 0.1) is 11.5 Å². The predicted molar refractivity (Wildman–Crippen MR) is 57.8 cm³/mol. The predicted octanol–water partition coefficient (Wildman–Crippen LogP) is 2.36. The van der Waals surface area contributed by atoms with Crippen molar-refractivity contribution in [3.8, 4) is 0 Å². The quantitative estimate of drug-likeness (QED) is 0.862. The molecule has 2 rings (SSSR count). The fraction of sp³-hybridized carbons (Fsp3) is 0.417. The molecule has 1 aromatic carbocycles. The number of carbonyl (C=O) groups is 1. The molecule has 3 nitrogen and oxygen atoms in total. The van der Waals surface area contributed by atoms with Gasteiger partial charge in [0.25, 0.3) is 0 Å². The second-order valence-electron chi connectivity index (χ2n) is 4.58. The third-order valence-electron chi connectivity index (χ3n) is 3.00. The Balaban J connectivity index is 2.06. The van der Waals surface area contributed by atoms with Crippen molar-refractivity contribution in [3.05, 3.63) is 35.1 Å². The van der Waals surface area contributed by atoms with Crippen LogP contribution in [0.4, 0.5) is 17.6 Å². The highest BCUT2D eigenvalue weighted by atomic mass is 19.4. The van der Waals surface area contributed by atoms with Crippen LogP contribution in [0.2, 0.25) is 0 Å². The number of halogens is 4. The maximum Gasteiger partial charge on any atom is 0.416 e. The second-order valence-corrected chi connectivity index (χ2v) is 4.58. The van der Waals surface area contributed by atoms with E-state index >= 15 is 0 Å². The fourth-order valence-electron chi connectivity index (χ4n) is 2.02. The van der Waals surface area contributed by atoms with Gasteiger partial charge >= 0.3 is 12.1 Å². The number of carboxylic acid groups (broad SMARTS) is 1. The van der Waals surface area contributed by atoms with Gasteiger partial charge < -0.3 is 5.11 Å². The minimum Gasteiger partial charge on any atom is -0.481 e. The van der Waals surface area contributed by atoms with Crippen LogP contribution in [0, 0.1) is 11.7 Å². The van der Waals surface area contributed by atoms with Crippen LogP contribution in [0.15, 0.2) is 18.2 Å². The molecule has 1 saturated heterocycles. The highest BCUT2D eigenvalue weighted by Gasteiger charge is 2.34. The Kier molecular flexibility index (Phi) is 3.49. The fourth-order valence-corrected chi connectivity index (χ4v) is 2.02. The number of likely N-dealkylation sites (tertiary alicyclic amines) is 1. The van der Waals surface area contributed by atoms with E-state index in [1.807, 2.05) is 0 Å². The van der Waals surface area contributed by atoms with Gasteiger partial charge in [0.15, 0.2) is 0 Å². The van der Waals surface area contributed by atoms with Crippen molar-refractivity contribution < 1.29 is 27.5 Å². The van der Waals surface area contributed by atoms with Crippen LogP contribution in [-0.2, 0) is 17.5 Å². The summed E-state index contributed by atoms with van der Waals surface area (Å²) in [6.45, 7) is 0.658. The Morgan fingerprint density at radius 3 is 2.47 bits per heavy atom. The third kappa shape index (κ3) is 3.23. The molecule has 0 atom stereocenters. The number of rotatable bonds is 3. The SMILES string of the molecule is O=C(O)C1CN(Cc2cc(F)cc(C(F)(F)F)c2)C1. The smallest absolute Gasteiger partial charge is 0.416 e. The summed E-state index contributed by atoms with van der Waals surface area (Å²) in [5.41, 5.74) is -0.839. The van der Waals surface area contributed by atoms with Gasteiger partial charge in [-0.3, -0.25) is 9.69 Å². The average Bonchev–Trinajstić information content (AvgIpc) is 2.20. The van der Waals surface area contributed by atoms with E-state index in [9.17, 15) is 22.4 Å². The lowest BCUT2D eigenvalue weighted by Gasteiger charge is -2.36. The summed E-state index contributed by atoms with van der Waals surface area (Å²) >= 11 is 0. The monoisotopic (exact) mass is 277 g/mol. The summed E-state index contributed by atoms with van der Waals surface area (Å²) in [6.07, 6.45) is -4.59. The molecule has 0 saturated carbocycles. The highest BCUT2D eigenvalue weighted by molar-refractivity contribution is 5.71. The van der Waals surface area contributed by atoms with E-state index in [1.165, 1.54) is 0 Å².